The molecule has 1 aromatic carbocycles. The number of nitrogens with zero attached hydrogens (tertiary/aromatic N) is 1. The lowest BCUT2D eigenvalue weighted by molar-refractivity contribution is 0.527. The molecule has 0 aliphatic rings. The van der Waals surface area contributed by atoms with Crippen LogP contribution in [-0.2, 0) is 10.2 Å². The van der Waals surface area contributed by atoms with Crippen molar-refractivity contribution in [2.45, 2.75) is 6.92 Å². The van der Waals surface area contributed by atoms with Crippen LogP contribution in [0.2, 0.25) is 0 Å². The third-order valence-electron chi connectivity index (χ3n) is 1.92. The zero-order chi connectivity index (χ0) is 11.6. The summed E-state index contributed by atoms with van der Waals surface area (Å²) in [6.07, 6.45) is 0. The first-order valence-corrected chi connectivity index (χ1v) is 6.52. The molecule has 1 N–H and O–H groups in total. The number of benzene rings is 1. The average molecular weight is 293 g/mol. The van der Waals surface area contributed by atoms with Crippen LogP contribution in [-0.4, -0.2) is 26.8 Å². The maximum absolute atomic E-state index is 11.6. The zero-order valence-electron chi connectivity index (χ0n) is 8.78. The molecule has 0 unspecified atom stereocenters. The average Bonchev–Trinajstić information content (AvgIpc) is 2.10. The summed E-state index contributed by atoms with van der Waals surface area (Å²) in [4.78, 5) is 0. The van der Waals surface area contributed by atoms with Crippen LogP contribution in [0.1, 0.15) is 5.56 Å². The highest BCUT2D eigenvalue weighted by Crippen LogP contribution is 2.21. The fraction of sp³-hybridized carbons (Fsp3) is 0.333. The lowest BCUT2D eigenvalue weighted by atomic mass is 10.2. The van der Waals surface area contributed by atoms with Gasteiger partial charge in [0.05, 0.1) is 5.69 Å². The maximum atomic E-state index is 11.6. The van der Waals surface area contributed by atoms with Gasteiger partial charge in [0.25, 0.3) is 0 Å². The van der Waals surface area contributed by atoms with E-state index < -0.39 is 10.2 Å². The van der Waals surface area contributed by atoms with E-state index in [9.17, 15) is 8.42 Å². The van der Waals surface area contributed by atoms with Crippen LogP contribution in [0.3, 0.4) is 0 Å². The van der Waals surface area contributed by atoms with Crippen LogP contribution in [0, 0.1) is 6.92 Å². The van der Waals surface area contributed by atoms with Crippen LogP contribution in [0.15, 0.2) is 22.7 Å². The van der Waals surface area contributed by atoms with Crippen LogP contribution < -0.4 is 4.72 Å². The monoisotopic (exact) mass is 292 g/mol. The molecule has 1 rings (SSSR count). The van der Waals surface area contributed by atoms with E-state index in [1.165, 1.54) is 14.1 Å². The number of rotatable bonds is 3. The van der Waals surface area contributed by atoms with Crippen LogP contribution in [0.4, 0.5) is 5.69 Å². The summed E-state index contributed by atoms with van der Waals surface area (Å²) in [6, 6.07) is 5.44. The highest BCUT2D eigenvalue weighted by atomic mass is 79.9. The normalized spacial score (nSPS) is 11.8. The molecule has 0 bridgehead atoms. The molecule has 0 saturated heterocycles. The molecule has 84 valence electrons. The van der Waals surface area contributed by atoms with E-state index in [4.69, 9.17) is 0 Å². The molecular formula is C9H13BrN2O2S. The number of hydrogen-bond acceptors (Lipinski definition) is 2. The smallest absolute Gasteiger partial charge is 0.271 e. The van der Waals surface area contributed by atoms with E-state index in [1.807, 2.05) is 19.1 Å². The summed E-state index contributed by atoms with van der Waals surface area (Å²) in [6.45, 7) is 1.85. The van der Waals surface area contributed by atoms with E-state index in [2.05, 4.69) is 20.7 Å². The molecule has 0 amide bonds. The Morgan fingerprint density at radius 2 is 1.93 bits per heavy atom. The first-order valence-electron chi connectivity index (χ1n) is 4.29. The Morgan fingerprint density at radius 1 is 1.33 bits per heavy atom. The van der Waals surface area contributed by atoms with Gasteiger partial charge in [-0.05, 0) is 24.6 Å². The molecule has 4 nitrogen and oxygen atoms in total. The second-order valence-electron chi connectivity index (χ2n) is 3.35. The van der Waals surface area contributed by atoms with Gasteiger partial charge in [-0.25, -0.2) is 0 Å². The predicted molar refractivity (Wildman–Crippen MR) is 65.1 cm³/mol. The van der Waals surface area contributed by atoms with E-state index in [0.717, 1.165) is 14.3 Å². The van der Waals surface area contributed by atoms with E-state index in [-0.39, 0.29) is 0 Å². The third-order valence-corrected chi connectivity index (χ3v) is 3.85. The molecule has 0 heterocycles. The van der Waals surface area contributed by atoms with E-state index >= 15 is 0 Å². The lowest BCUT2D eigenvalue weighted by Gasteiger charge is -2.15. The molecule has 0 saturated carbocycles. The molecule has 0 aromatic heterocycles. The third kappa shape index (κ3) is 3.19. The topological polar surface area (TPSA) is 49.4 Å². The first-order chi connectivity index (χ1) is 6.83. The van der Waals surface area contributed by atoms with Gasteiger partial charge >= 0.3 is 10.2 Å². The van der Waals surface area contributed by atoms with Crippen molar-refractivity contribution in [2.24, 2.45) is 0 Å². The largest absolute Gasteiger partial charge is 0.301 e. The first kappa shape index (κ1) is 12.5. The minimum Gasteiger partial charge on any atom is -0.271 e. The predicted octanol–water partition coefficient (Wildman–Crippen LogP) is 1.98. The lowest BCUT2D eigenvalue weighted by Crippen LogP contribution is -2.29. The van der Waals surface area contributed by atoms with Crippen molar-refractivity contribution in [3.8, 4) is 0 Å². The minimum atomic E-state index is -3.43. The summed E-state index contributed by atoms with van der Waals surface area (Å²) in [5, 5.41) is 0. The second-order valence-corrected chi connectivity index (χ2v) is 6.15. The van der Waals surface area contributed by atoms with Crippen molar-refractivity contribution in [1.29, 1.82) is 0 Å². The molecular weight excluding hydrogens is 280 g/mol. The summed E-state index contributed by atoms with van der Waals surface area (Å²) >= 11 is 3.29. The van der Waals surface area contributed by atoms with Gasteiger partial charge in [-0.3, -0.25) is 4.72 Å². The van der Waals surface area contributed by atoms with Gasteiger partial charge in [0.2, 0.25) is 0 Å². The number of anilines is 1. The number of halogens is 1. The fourth-order valence-corrected chi connectivity index (χ4v) is 1.98. The molecule has 1 aromatic rings. The van der Waals surface area contributed by atoms with Gasteiger partial charge in [-0.1, -0.05) is 22.0 Å². The molecule has 0 fully saturated rings. The standard InChI is InChI=1S/C9H13BrN2O2S/c1-7-4-5-8(10)6-9(7)11-15(13,14)12(2)3/h4-6,11H,1-3H3. The molecule has 6 heteroatoms. The molecule has 0 spiro atoms. The molecule has 0 radical (unpaired) electrons. The highest BCUT2D eigenvalue weighted by Gasteiger charge is 2.14. The Labute approximate surface area is 98.6 Å². The minimum absolute atomic E-state index is 0.582. The van der Waals surface area contributed by atoms with Crippen LogP contribution in [0.25, 0.3) is 0 Å². The van der Waals surface area contributed by atoms with Crippen molar-refractivity contribution < 1.29 is 8.42 Å². The summed E-state index contributed by atoms with van der Waals surface area (Å²) in [5.41, 5.74) is 1.46. The van der Waals surface area contributed by atoms with Crippen LogP contribution >= 0.6 is 15.9 Å². The highest BCUT2D eigenvalue weighted by molar-refractivity contribution is 9.10. The Kier molecular flexibility index (Phi) is 3.75. The second kappa shape index (κ2) is 4.51. The van der Waals surface area contributed by atoms with Crippen molar-refractivity contribution in [3.05, 3.63) is 28.2 Å². The molecule has 0 atom stereocenters. The molecule has 0 aliphatic heterocycles. The van der Waals surface area contributed by atoms with Crippen LogP contribution in [0.5, 0.6) is 0 Å². The van der Waals surface area contributed by atoms with Gasteiger partial charge in [0.15, 0.2) is 0 Å². The number of aryl methyl sites for hydroxylation is 1. The Bertz CT molecular complexity index is 457. The number of nitrogens with one attached hydrogen (secondary N) is 1. The van der Waals surface area contributed by atoms with Crippen molar-refractivity contribution in [2.75, 3.05) is 18.8 Å². The van der Waals surface area contributed by atoms with E-state index in [0.29, 0.717) is 5.69 Å². The SMILES string of the molecule is Cc1ccc(Br)cc1NS(=O)(=O)N(C)C. The van der Waals surface area contributed by atoms with Gasteiger partial charge in [-0.2, -0.15) is 12.7 Å². The van der Waals surface area contributed by atoms with Gasteiger partial charge in [0.1, 0.15) is 0 Å². The quantitative estimate of drug-likeness (QED) is 0.926. The van der Waals surface area contributed by atoms with Crippen molar-refractivity contribution in [1.82, 2.24) is 4.31 Å². The van der Waals surface area contributed by atoms with Crippen molar-refractivity contribution in [3.63, 3.8) is 0 Å². The summed E-state index contributed by atoms with van der Waals surface area (Å²) in [5.74, 6) is 0. The van der Waals surface area contributed by atoms with Gasteiger partial charge < -0.3 is 0 Å². The Morgan fingerprint density at radius 3 is 2.47 bits per heavy atom. The Balaban J connectivity index is 3.05. The van der Waals surface area contributed by atoms with Crippen molar-refractivity contribution >= 4 is 31.8 Å². The van der Waals surface area contributed by atoms with Gasteiger partial charge in [-0.15, -0.1) is 0 Å². The van der Waals surface area contributed by atoms with E-state index in [1.54, 1.807) is 6.07 Å². The maximum Gasteiger partial charge on any atom is 0.301 e. The summed E-state index contributed by atoms with van der Waals surface area (Å²) in [7, 11) is -0.464. The summed E-state index contributed by atoms with van der Waals surface area (Å²) < 4.78 is 27.6. The van der Waals surface area contributed by atoms with Gasteiger partial charge in [0, 0.05) is 18.6 Å². The number of hydrogen-bond donors (Lipinski definition) is 1. The molecule has 15 heavy (non-hydrogen) atoms. The fourth-order valence-electron chi connectivity index (χ4n) is 0.934. The molecule has 0 aliphatic carbocycles. The zero-order valence-corrected chi connectivity index (χ0v) is 11.2. The Hall–Kier alpha value is -0.590.